The fourth-order valence-corrected chi connectivity index (χ4v) is 2.13. The van der Waals surface area contributed by atoms with Gasteiger partial charge < -0.3 is 5.32 Å². The standard InChI is InChI=1S/C11H19N3O/c1-9-11(14-15-13-9)8-12-10-6-4-2-3-5-7-10/h10,12H,2-8H2,1H3. The van der Waals surface area contributed by atoms with Gasteiger partial charge in [-0.05, 0) is 19.8 Å². The Bertz CT molecular complexity index is 290. The zero-order chi connectivity index (χ0) is 10.5. The van der Waals surface area contributed by atoms with Crippen molar-refractivity contribution in [3.63, 3.8) is 0 Å². The van der Waals surface area contributed by atoms with Crippen molar-refractivity contribution in [2.75, 3.05) is 0 Å². The summed E-state index contributed by atoms with van der Waals surface area (Å²) in [6, 6.07) is 0.656. The van der Waals surface area contributed by atoms with Crippen molar-refractivity contribution >= 4 is 0 Å². The van der Waals surface area contributed by atoms with Crippen molar-refractivity contribution < 1.29 is 4.63 Å². The third-order valence-electron chi connectivity index (χ3n) is 3.16. The lowest BCUT2D eigenvalue weighted by Gasteiger charge is -2.14. The molecule has 1 aromatic heterocycles. The van der Waals surface area contributed by atoms with Gasteiger partial charge in [0.25, 0.3) is 0 Å². The van der Waals surface area contributed by atoms with Crippen LogP contribution in [0.15, 0.2) is 4.63 Å². The van der Waals surface area contributed by atoms with Crippen LogP contribution in [0.4, 0.5) is 0 Å². The van der Waals surface area contributed by atoms with Gasteiger partial charge in [0.15, 0.2) is 0 Å². The van der Waals surface area contributed by atoms with Crippen LogP contribution in [-0.2, 0) is 6.54 Å². The molecule has 4 heteroatoms. The van der Waals surface area contributed by atoms with Crippen LogP contribution >= 0.6 is 0 Å². The Morgan fingerprint density at radius 2 is 1.93 bits per heavy atom. The molecule has 0 bridgehead atoms. The Hall–Kier alpha value is -0.900. The molecule has 2 rings (SSSR count). The van der Waals surface area contributed by atoms with Crippen LogP contribution in [-0.4, -0.2) is 16.4 Å². The third-order valence-corrected chi connectivity index (χ3v) is 3.16. The summed E-state index contributed by atoms with van der Waals surface area (Å²) in [6.07, 6.45) is 8.08. The number of hydrogen-bond acceptors (Lipinski definition) is 4. The monoisotopic (exact) mass is 209 g/mol. The van der Waals surface area contributed by atoms with E-state index in [1.54, 1.807) is 0 Å². The average molecular weight is 209 g/mol. The molecular formula is C11H19N3O. The van der Waals surface area contributed by atoms with Crippen molar-refractivity contribution in [1.29, 1.82) is 0 Å². The van der Waals surface area contributed by atoms with Gasteiger partial charge in [0.1, 0.15) is 11.4 Å². The summed E-state index contributed by atoms with van der Waals surface area (Å²) in [5.41, 5.74) is 1.84. The van der Waals surface area contributed by atoms with Crippen LogP contribution in [0.5, 0.6) is 0 Å². The molecule has 15 heavy (non-hydrogen) atoms. The molecule has 1 fully saturated rings. The topological polar surface area (TPSA) is 51.0 Å². The molecule has 0 saturated heterocycles. The lowest BCUT2D eigenvalue weighted by atomic mass is 10.1. The normalized spacial score (nSPS) is 19.0. The van der Waals surface area contributed by atoms with Gasteiger partial charge >= 0.3 is 0 Å². The number of nitrogens with zero attached hydrogens (tertiary/aromatic N) is 2. The molecule has 1 aromatic rings. The van der Waals surface area contributed by atoms with E-state index in [0.29, 0.717) is 6.04 Å². The van der Waals surface area contributed by atoms with E-state index >= 15 is 0 Å². The molecule has 1 aliphatic rings. The Balaban J connectivity index is 1.79. The molecule has 4 nitrogen and oxygen atoms in total. The Morgan fingerprint density at radius 1 is 1.20 bits per heavy atom. The molecule has 0 aliphatic heterocycles. The smallest absolute Gasteiger partial charge is 0.121 e. The number of aryl methyl sites for hydroxylation is 1. The van der Waals surface area contributed by atoms with E-state index in [2.05, 4.69) is 20.3 Å². The third kappa shape index (κ3) is 3.02. The second kappa shape index (κ2) is 5.26. The highest BCUT2D eigenvalue weighted by Crippen LogP contribution is 2.17. The summed E-state index contributed by atoms with van der Waals surface area (Å²) < 4.78 is 4.67. The van der Waals surface area contributed by atoms with Crippen molar-refractivity contribution in [3.8, 4) is 0 Å². The second-order valence-electron chi connectivity index (χ2n) is 4.37. The number of rotatable bonds is 3. The molecular weight excluding hydrogens is 190 g/mol. The molecule has 1 N–H and O–H groups in total. The van der Waals surface area contributed by atoms with Crippen LogP contribution in [0, 0.1) is 6.92 Å². The predicted molar refractivity (Wildman–Crippen MR) is 57.4 cm³/mol. The first-order chi connectivity index (χ1) is 7.36. The fraction of sp³-hybridized carbons (Fsp3) is 0.818. The van der Waals surface area contributed by atoms with Crippen LogP contribution in [0.3, 0.4) is 0 Å². The maximum absolute atomic E-state index is 4.67. The molecule has 1 aliphatic carbocycles. The molecule has 0 atom stereocenters. The van der Waals surface area contributed by atoms with E-state index < -0.39 is 0 Å². The predicted octanol–water partition coefficient (Wildman–Crippen LogP) is 2.19. The van der Waals surface area contributed by atoms with Crippen molar-refractivity contribution in [2.45, 2.75) is 58.0 Å². The molecule has 1 saturated carbocycles. The van der Waals surface area contributed by atoms with Gasteiger partial charge in [0.2, 0.25) is 0 Å². The summed E-state index contributed by atoms with van der Waals surface area (Å²) in [5, 5.41) is 11.2. The van der Waals surface area contributed by atoms with Crippen molar-refractivity contribution in [2.24, 2.45) is 0 Å². The van der Waals surface area contributed by atoms with Crippen molar-refractivity contribution in [1.82, 2.24) is 15.6 Å². The van der Waals surface area contributed by atoms with Gasteiger partial charge in [-0.2, -0.15) is 0 Å². The number of nitrogens with one attached hydrogen (secondary N) is 1. The molecule has 0 amide bonds. The highest BCUT2D eigenvalue weighted by Gasteiger charge is 2.13. The summed E-state index contributed by atoms with van der Waals surface area (Å²) in [7, 11) is 0. The van der Waals surface area contributed by atoms with E-state index in [1.165, 1.54) is 38.5 Å². The number of aromatic nitrogens is 2. The van der Waals surface area contributed by atoms with Crippen molar-refractivity contribution in [3.05, 3.63) is 11.4 Å². The minimum atomic E-state index is 0.656. The zero-order valence-electron chi connectivity index (χ0n) is 9.33. The first-order valence-corrected chi connectivity index (χ1v) is 5.87. The second-order valence-corrected chi connectivity index (χ2v) is 4.37. The van der Waals surface area contributed by atoms with Gasteiger partial charge in [-0.25, -0.2) is 4.63 Å². The maximum atomic E-state index is 4.67. The Morgan fingerprint density at radius 3 is 2.53 bits per heavy atom. The average Bonchev–Trinajstić information content (AvgIpc) is 2.53. The van der Waals surface area contributed by atoms with Gasteiger partial charge in [0.05, 0.1) is 0 Å². The highest BCUT2D eigenvalue weighted by molar-refractivity contribution is 5.04. The Kier molecular flexibility index (Phi) is 3.72. The minimum absolute atomic E-state index is 0.656. The zero-order valence-corrected chi connectivity index (χ0v) is 9.33. The van der Waals surface area contributed by atoms with Crippen LogP contribution in [0.1, 0.15) is 49.9 Å². The SMILES string of the molecule is Cc1nonc1CNC1CCCCCC1. The van der Waals surface area contributed by atoms with E-state index in [-0.39, 0.29) is 0 Å². The Labute approximate surface area is 90.4 Å². The van der Waals surface area contributed by atoms with Crippen LogP contribution < -0.4 is 5.32 Å². The first-order valence-electron chi connectivity index (χ1n) is 5.87. The van der Waals surface area contributed by atoms with Crippen LogP contribution in [0.25, 0.3) is 0 Å². The molecule has 0 aromatic carbocycles. The minimum Gasteiger partial charge on any atom is -0.308 e. The summed E-state index contributed by atoms with van der Waals surface area (Å²) >= 11 is 0. The van der Waals surface area contributed by atoms with Gasteiger partial charge in [-0.3, -0.25) is 0 Å². The quantitative estimate of drug-likeness (QED) is 0.775. The summed E-state index contributed by atoms with van der Waals surface area (Å²) in [4.78, 5) is 0. The molecule has 0 radical (unpaired) electrons. The molecule has 0 spiro atoms. The lowest BCUT2D eigenvalue weighted by molar-refractivity contribution is 0.299. The summed E-state index contributed by atoms with van der Waals surface area (Å²) in [5.74, 6) is 0. The molecule has 1 heterocycles. The van der Waals surface area contributed by atoms with E-state index in [4.69, 9.17) is 0 Å². The highest BCUT2D eigenvalue weighted by atomic mass is 16.6. The van der Waals surface area contributed by atoms with E-state index in [9.17, 15) is 0 Å². The van der Waals surface area contributed by atoms with Crippen LogP contribution in [0.2, 0.25) is 0 Å². The van der Waals surface area contributed by atoms with Gasteiger partial charge in [0, 0.05) is 12.6 Å². The summed E-state index contributed by atoms with van der Waals surface area (Å²) in [6.45, 7) is 2.72. The van der Waals surface area contributed by atoms with Gasteiger partial charge in [-0.1, -0.05) is 36.0 Å². The molecule has 0 unspecified atom stereocenters. The maximum Gasteiger partial charge on any atom is 0.121 e. The fourth-order valence-electron chi connectivity index (χ4n) is 2.13. The lowest BCUT2D eigenvalue weighted by Crippen LogP contribution is -2.28. The van der Waals surface area contributed by atoms with E-state index in [1.807, 2.05) is 6.92 Å². The number of hydrogen-bond donors (Lipinski definition) is 1. The first kappa shape index (κ1) is 10.6. The van der Waals surface area contributed by atoms with E-state index in [0.717, 1.165) is 17.9 Å². The largest absolute Gasteiger partial charge is 0.308 e. The molecule has 84 valence electrons. The van der Waals surface area contributed by atoms with Gasteiger partial charge in [-0.15, -0.1) is 0 Å².